The molecule has 0 saturated heterocycles. The van der Waals surface area contributed by atoms with Crippen molar-refractivity contribution in [1.29, 1.82) is 0 Å². The van der Waals surface area contributed by atoms with E-state index in [-0.39, 0.29) is 18.1 Å². The molecular formula is C14H23BrN2O2. The van der Waals surface area contributed by atoms with Gasteiger partial charge in [0.05, 0.1) is 6.10 Å². The highest BCUT2D eigenvalue weighted by Gasteiger charge is 2.14. The van der Waals surface area contributed by atoms with Gasteiger partial charge in [-0.1, -0.05) is 0 Å². The van der Waals surface area contributed by atoms with Crippen LogP contribution in [0.25, 0.3) is 0 Å². The minimum Gasteiger partial charge on any atom is -0.379 e. The topological polar surface area (TPSA) is 43.3 Å². The molecule has 4 nitrogen and oxygen atoms in total. The van der Waals surface area contributed by atoms with Gasteiger partial charge in [-0.25, -0.2) is 0 Å². The van der Waals surface area contributed by atoms with Crippen molar-refractivity contribution in [3.8, 4) is 0 Å². The Bertz CT molecular complexity index is 414. The summed E-state index contributed by atoms with van der Waals surface area (Å²) in [4.78, 5) is 12.1. The van der Waals surface area contributed by atoms with Gasteiger partial charge in [-0.2, -0.15) is 0 Å². The van der Waals surface area contributed by atoms with Crippen LogP contribution in [-0.2, 0) is 4.74 Å². The smallest absolute Gasteiger partial charge is 0.267 e. The summed E-state index contributed by atoms with van der Waals surface area (Å²) in [5, 5.41) is 2.92. The molecule has 108 valence electrons. The van der Waals surface area contributed by atoms with E-state index in [1.54, 1.807) is 0 Å². The number of nitrogens with one attached hydrogen (secondary N) is 1. The van der Waals surface area contributed by atoms with E-state index in [9.17, 15) is 4.79 Å². The largest absolute Gasteiger partial charge is 0.379 e. The molecule has 0 spiro atoms. The molecule has 0 aliphatic heterocycles. The Morgan fingerprint density at radius 3 is 2.68 bits per heavy atom. The van der Waals surface area contributed by atoms with Crippen molar-refractivity contribution >= 4 is 21.8 Å². The van der Waals surface area contributed by atoms with E-state index in [2.05, 4.69) is 35.1 Å². The molecule has 1 heterocycles. The molecule has 0 aliphatic carbocycles. The second-order valence-corrected chi connectivity index (χ2v) is 5.99. The summed E-state index contributed by atoms with van der Waals surface area (Å²) in [5.74, 6) is -0.0380. The second kappa shape index (κ2) is 7.70. The van der Waals surface area contributed by atoms with Gasteiger partial charge in [-0.3, -0.25) is 4.79 Å². The number of amides is 1. The molecule has 0 fully saturated rings. The number of ether oxygens (including phenoxy) is 1. The number of halogens is 1. The van der Waals surface area contributed by atoms with Crippen molar-refractivity contribution in [2.24, 2.45) is 0 Å². The summed E-state index contributed by atoms with van der Waals surface area (Å²) in [6.07, 6.45) is 3.00. The van der Waals surface area contributed by atoms with Crippen LogP contribution < -0.4 is 5.32 Å². The predicted octanol–water partition coefficient (Wildman–Crippen LogP) is 3.38. The highest BCUT2D eigenvalue weighted by molar-refractivity contribution is 9.10. The summed E-state index contributed by atoms with van der Waals surface area (Å²) in [7, 11) is 0. The van der Waals surface area contributed by atoms with E-state index in [0.717, 1.165) is 10.9 Å². The lowest BCUT2D eigenvalue weighted by Crippen LogP contribution is -2.28. The molecule has 1 N–H and O–H groups in total. The van der Waals surface area contributed by atoms with Crippen LogP contribution in [0.3, 0.4) is 0 Å². The number of carbonyl (C=O) groups is 1. The summed E-state index contributed by atoms with van der Waals surface area (Å²) < 4.78 is 8.32. The molecule has 0 bridgehead atoms. The van der Waals surface area contributed by atoms with Gasteiger partial charge in [0.1, 0.15) is 5.69 Å². The van der Waals surface area contributed by atoms with Crippen LogP contribution in [0.15, 0.2) is 16.7 Å². The Balaban J connectivity index is 2.45. The van der Waals surface area contributed by atoms with Crippen LogP contribution in [0.4, 0.5) is 0 Å². The molecule has 0 radical (unpaired) electrons. The van der Waals surface area contributed by atoms with Crippen molar-refractivity contribution in [3.05, 3.63) is 22.4 Å². The molecule has 5 heteroatoms. The number of carbonyl (C=O) groups excluding carboxylic acids is 1. The third-order valence-corrected chi connectivity index (χ3v) is 3.10. The lowest BCUT2D eigenvalue weighted by Gasteiger charge is -2.13. The van der Waals surface area contributed by atoms with Crippen LogP contribution in [0.5, 0.6) is 0 Å². The number of hydrogen-bond donors (Lipinski definition) is 1. The lowest BCUT2D eigenvalue weighted by atomic mass is 10.3. The van der Waals surface area contributed by atoms with Gasteiger partial charge >= 0.3 is 0 Å². The molecule has 0 unspecified atom stereocenters. The van der Waals surface area contributed by atoms with E-state index >= 15 is 0 Å². The standard InChI is InChI=1S/C14H23BrN2O2/c1-10(2)17-9-12(15)8-13(17)14(18)16-6-5-7-19-11(3)4/h8-11H,5-7H2,1-4H3,(H,16,18). The van der Waals surface area contributed by atoms with Gasteiger partial charge < -0.3 is 14.6 Å². The fraction of sp³-hybridized carbons (Fsp3) is 0.643. The first kappa shape index (κ1) is 16.2. The monoisotopic (exact) mass is 330 g/mol. The highest BCUT2D eigenvalue weighted by Crippen LogP contribution is 2.19. The van der Waals surface area contributed by atoms with Crippen LogP contribution in [0.2, 0.25) is 0 Å². The van der Waals surface area contributed by atoms with Gasteiger partial charge in [-0.05, 0) is 56.1 Å². The third-order valence-electron chi connectivity index (χ3n) is 2.66. The Hall–Kier alpha value is -0.810. The Morgan fingerprint density at radius 2 is 2.11 bits per heavy atom. The molecule has 19 heavy (non-hydrogen) atoms. The Morgan fingerprint density at radius 1 is 1.42 bits per heavy atom. The van der Waals surface area contributed by atoms with Gasteiger partial charge in [0, 0.05) is 29.9 Å². The van der Waals surface area contributed by atoms with Crippen LogP contribution in [0.1, 0.15) is 50.6 Å². The Kier molecular flexibility index (Phi) is 6.58. The maximum absolute atomic E-state index is 12.1. The number of aromatic nitrogens is 1. The lowest BCUT2D eigenvalue weighted by molar-refractivity contribution is 0.0756. The number of rotatable bonds is 7. The first-order valence-electron chi connectivity index (χ1n) is 6.69. The molecule has 1 aromatic rings. The molecule has 0 saturated carbocycles. The van der Waals surface area contributed by atoms with Crippen molar-refractivity contribution in [3.63, 3.8) is 0 Å². The molecule has 1 aromatic heterocycles. The highest BCUT2D eigenvalue weighted by atomic mass is 79.9. The maximum atomic E-state index is 12.1. The van der Waals surface area contributed by atoms with Crippen molar-refractivity contribution in [2.75, 3.05) is 13.2 Å². The normalized spacial score (nSPS) is 11.3. The Labute approximate surface area is 123 Å². The SMILES string of the molecule is CC(C)OCCCNC(=O)c1cc(Br)cn1C(C)C. The van der Waals surface area contributed by atoms with E-state index in [1.807, 2.05) is 30.7 Å². The summed E-state index contributed by atoms with van der Waals surface area (Å²) in [5.41, 5.74) is 0.687. The molecule has 0 aromatic carbocycles. The van der Waals surface area contributed by atoms with Crippen molar-refractivity contribution in [2.45, 2.75) is 46.3 Å². The predicted molar refractivity (Wildman–Crippen MR) is 80.6 cm³/mol. The fourth-order valence-electron chi connectivity index (χ4n) is 1.74. The zero-order valence-corrected chi connectivity index (χ0v) is 13.7. The molecule has 0 atom stereocenters. The van der Waals surface area contributed by atoms with Crippen LogP contribution >= 0.6 is 15.9 Å². The third kappa shape index (κ3) is 5.37. The minimum atomic E-state index is -0.0380. The first-order valence-corrected chi connectivity index (χ1v) is 7.48. The minimum absolute atomic E-state index is 0.0380. The van der Waals surface area contributed by atoms with Gasteiger partial charge in [-0.15, -0.1) is 0 Å². The van der Waals surface area contributed by atoms with Crippen molar-refractivity contribution in [1.82, 2.24) is 9.88 Å². The van der Waals surface area contributed by atoms with E-state index in [4.69, 9.17) is 4.74 Å². The summed E-state index contributed by atoms with van der Waals surface area (Å²) in [6, 6.07) is 2.11. The second-order valence-electron chi connectivity index (χ2n) is 5.07. The van der Waals surface area contributed by atoms with Crippen molar-refractivity contribution < 1.29 is 9.53 Å². The number of hydrogen-bond acceptors (Lipinski definition) is 2. The number of nitrogens with zero attached hydrogens (tertiary/aromatic N) is 1. The molecule has 1 rings (SSSR count). The zero-order valence-electron chi connectivity index (χ0n) is 12.1. The van der Waals surface area contributed by atoms with E-state index in [1.165, 1.54) is 0 Å². The average Bonchev–Trinajstić information content (AvgIpc) is 2.70. The molecule has 0 aliphatic rings. The molecular weight excluding hydrogens is 308 g/mol. The molecule has 1 amide bonds. The fourth-order valence-corrected chi connectivity index (χ4v) is 2.18. The van der Waals surface area contributed by atoms with E-state index < -0.39 is 0 Å². The maximum Gasteiger partial charge on any atom is 0.267 e. The van der Waals surface area contributed by atoms with Crippen LogP contribution in [0, 0.1) is 0 Å². The summed E-state index contributed by atoms with van der Waals surface area (Å²) >= 11 is 3.41. The van der Waals surface area contributed by atoms with Gasteiger partial charge in [0.2, 0.25) is 0 Å². The quantitative estimate of drug-likeness (QED) is 0.779. The average molecular weight is 331 g/mol. The van der Waals surface area contributed by atoms with Crippen LogP contribution in [-0.4, -0.2) is 29.7 Å². The first-order chi connectivity index (χ1) is 8.91. The van der Waals surface area contributed by atoms with E-state index in [0.29, 0.717) is 18.8 Å². The zero-order chi connectivity index (χ0) is 14.4. The van der Waals surface area contributed by atoms with Gasteiger partial charge in [0.25, 0.3) is 5.91 Å². The van der Waals surface area contributed by atoms with Gasteiger partial charge in [0.15, 0.2) is 0 Å². The summed E-state index contributed by atoms with van der Waals surface area (Å²) in [6.45, 7) is 9.43.